The number of hydrogen-bond donors (Lipinski definition) is 1. The van der Waals surface area contributed by atoms with Gasteiger partial charge in [-0.3, -0.25) is 0 Å². The number of alkyl halides is 3. The van der Waals surface area contributed by atoms with Crippen LogP contribution in [-0.4, -0.2) is 20.8 Å². The number of para-hydroxylation sites is 1. The Morgan fingerprint density at radius 3 is 2.00 bits per heavy atom. The molecule has 0 unspecified atom stereocenters. The number of hydrogen-bond acceptors (Lipinski definition) is 4. The number of nitrogens with zero attached hydrogens (tertiary/aromatic N) is 1. The van der Waals surface area contributed by atoms with E-state index in [-0.39, 0.29) is 5.75 Å². The highest BCUT2D eigenvalue weighted by atomic mass is 32.2. The minimum atomic E-state index is -4.60. The fourth-order valence-electron chi connectivity index (χ4n) is 0.696. The predicted molar refractivity (Wildman–Crippen MR) is 54.1 cm³/mol. The lowest BCUT2D eigenvalue weighted by molar-refractivity contribution is -0.274. The number of urea groups is 1. The van der Waals surface area contributed by atoms with Gasteiger partial charge in [-0.1, -0.05) is 22.6 Å². The van der Waals surface area contributed by atoms with E-state index < -0.39 is 22.9 Å². The first-order valence-corrected chi connectivity index (χ1v) is 5.15. The fraction of sp³-hybridized carbons (Fsp3) is 0.125. The number of halogens is 3. The Balaban J connectivity index is 0.000000360. The van der Waals surface area contributed by atoms with E-state index in [9.17, 15) is 26.4 Å². The van der Waals surface area contributed by atoms with Crippen molar-refractivity contribution >= 4 is 16.5 Å². The molecule has 0 bridgehead atoms. The molecular formula is C8H7F3N2O4S. The van der Waals surface area contributed by atoms with Gasteiger partial charge in [-0.2, -0.15) is 8.42 Å². The molecule has 0 atom stereocenters. The second kappa shape index (κ2) is 7.27. The Hall–Kier alpha value is -2.10. The molecule has 18 heavy (non-hydrogen) atoms. The third kappa shape index (κ3) is 10.4. The van der Waals surface area contributed by atoms with Crippen LogP contribution in [0, 0.1) is 0 Å². The summed E-state index contributed by atoms with van der Waals surface area (Å²) in [6, 6.07) is 5.85. The maximum absolute atomic E-state index is 11.5. The Morgan fingerprint density at radius 1 is 1.22 bits per heavy atom. The van der Waals surface area contributed by atoms with E-state index in [0.29, 0.717) is 0 Å². The van der Waals surface area contributed by atoms with Crippen molar-refractivity contribution in [3.63, 3.8) is 0 Å². The average Bonchev–Trinajstić information content (AvgIpc) is 2.14. The Labute approximate surface area is 101 Å². The van der Waals surface area contributed by atoms with Crippen molar-refractivity contribution < 1.29 is 31.1 Å². The molecule has 0 aliphatic carbocycles. The van der Waals surface area contributed by atoms with Crippen LogP contribution in [-0.2, 0) is 10.5 Å². The maximum Gasteiger partial charge on any atom is 0.573 e. The van der Waals surface area contributed by atoms with Crippen LogP contribution in [0.1, 0.15) is 0 Å². The third-order valence-electron chi connectivity index (χ3n) is 1.14. The SMILES string of the molecule is FC(F)(F)Oc1ccccc1.NC(=O)N=S(=O)=O. The predicted octanol–water partition coefficient (Wildman–Crippen LogP) is 1.71. The lowest BCUT2D eigenvalue weighted by Gasteiger charge is -2.07. The number of carbonyl (C=O) groups excluding carboxylic acids is 1. The zero-order valence-electron chi connectivity index (χ0n) is 8.59. The van der Waals surface area contributed by atoms with E-state index >= 15 is 0 Å². The zero-order chi connectivity index (χ0) is 14.2. The number of amides is 2. The minimum Gasteiger partial charge on any atom is -0.406 e. The Morgan fingerprint density at radius 2 is 1.72 bits per heavy atom. The van der Waals surface area contributed by atoms with Gasteiger partial charge in [0, 0.05) is 0 Å². The van der Waals surface area contributed by atoms with E-state index in [2.05, 4.69) is 14.8 Å². The van der Waals surface area contributed by atoms with Crippen molar-refractivity contribution in [2.45, 2.75) is 6.36 Å². The smallest absolute Gasteiger partial charge is 0.406 e. The quantitative estimate of drug-likeness (QED) is 0.848. The summed E-state index contributed by atoms with van der Waals surface area (Å²) in [6.07, 6.45) is -4.60. The highest BCUT2D eigenvalue weighted by Gasteiger charge is 2.30. The maximum atomic E-state index is 11.5. The summed E-state index contributed by atoms with van der Waals surface area (Å²) < 4.78 is 59.2. The standard InChI is InChI=1S/C7H5F3O.CH2N2O3S/c8-7(9,10)11-6-4-2-1-3-5-6;2-1(4)3-7(5)6/h1-5H;(H2,2,4). The lowest BCUT2D eigenvalue weighted by Crippen LogP contribution is -2.16. The molecule has 0 aliphatic rings. The summed E-state index contributed by atoms with van der Waals surface area (Å²) in [4.78, 5) is 9.47. The molecule has 0 fully saturated rings. The van der Waals surface area contributed by atoms with E-state index in [1.807, 2.05) is 0 Å². The Bertz CT molecular complexity index is 505. The summed E-state index contributed by atoms with van der Waals surface area (Å²) in [5.41, 5.74) is 4.29. The van der Waals surface area contributed by atoms with Gasteiger partial charge in [-0.05, 0) is 12.1 Å². The normalized spacial score (nSPS) is 9.72. The number of nitrogens with two attached hydrogens (primary N) is 1. The van der Waals surface area contributed by atoms with Gasteiger partial charge >= 0.3 is 22.9 Å². The molecule has 1 aromatic carbocycles. The van der Waals surface area contributed by atoms with Gasteiger partial charge in [0.1, 0.15) is 5.75 Å². The molecule has 1 aromatic rings. The van der Waals surface area contributed by atoms with Crippen LogP contribution >= 0.6 is 0 Å². The van der Waals surface area contributed by atoms with Crippen molar-refractivity contribution in [3.05, 3.63) is 30.3 Å². The molecule has 2 N–H and O–H groups in total. The highest BCUT2D eigenvalue weighted by Crippen LogP contribution is 2.21. The lowest BCUT2D eigenvalue weighted by atomic mass is 10.3. The number of primary amides is 1. The second-order valence-electron chi connectivity index (χ2n) is 2.51. The first kappa shape index (κ1) is 15.9. The van der Waals surface area contributed by atoms with Crippen LogP contribution in [0.15, 0.2) is 34.7 Å². The Kier molecular flexibility index (Phi) is 6.42. The topological polar surface area (TPSA) is 98.8 Å². The number of carbonyl (C=O) groups is 1. The number of rotatable bonds is 1. The van der Waals surface area contributed by atoms with E-state index in [1.54, 1.807) is 6.07 Å². The summed E-state index contributed by atoms with van der Waals surface area (Å²) in [5.74, 6) is -0.194. The van der Waals surface area contributed by atoms with Gasteiger partial charge in [0.05, 0.1) is 0 Å². The molecule has 1 rings (SSSR count). The van der Waals surface area contributed by atoms with Gasteiger partial charge in [-0.25, -0.2) is 4.79 Å². The molecule has 100 valence electrons. The third-order valence-corrected chi connectivity index (χ3v) is 1.47. The van der Waals surface area contributed by atoms with Crippen LogP contribution in [0.3, 0.4) is 0 Å². The molecule has 0 heterocycles. The van der Waals surface area contributed by atoms with Gasteiger partial charge in [0.2, 0.25) is 0 Å². The van der Waals surface area contributed by atoms with Crippen LogP contribution in [0.2, 0.25) is 0 Å². The van der Waals surface area contributed by atoms with Crippen molar-refractivity contribution in [3.8, 4) is 5.75 Å². The van der Waals surface area contributed by atoms with E-state index in [0.717, 1.165) is 0 Å². The molecule has 0 saturated carbocycles. The zero-order valence-corrected chi connectivity index (χ0v) is 9.40. The fourth-order valence-corrected chi connectivity index (χ4v) is 0.843. The summed E-state index contributed by atoms with van der Waals surface area (Å²) in [7, 11) is -2.70. The summed E-state index contributed by atoms with van der Waals surface area (Å²) in [5, 5.41) is 0. The van der Waals surface area contributed by atoms with Crippen molar-refractivity contribution in [2.75, 3.05) is 0 Å². The summed E-state index contributed by atoms with van der Waals surface area (Å²) >= 11 is 0. The van der Waals surface area contributed by atoms with Crippen LogP contribution in [0.4, 0.5) is 18.0 Å². The molecule has 0 aromatic heterocycles. The second-order valence-corrected chi connectivity index (χ2v) is 3.12. The van der Waals surface area contributed by atoms with Gasteiger partial charge in [0.25, 0.3) is 0 Å². The van der Waals surface area contributed by atoms with Gasteiger partial charge in [-0.15, -0.1) is 13.2 Å². The first-order chi connectivity index (χ1) is 8.20. The average molecular weight is 284 g/mol. The van der Waals surface area contributed by atoms with Crippen LogP contribution in [0.25, 0.3) is 0 Å². The molecule has 0 aliphatic heterocycles. The molecule has 0 radical (unpaired) electrons. The van der Waals surface area contributed by atoms with Crippen LogP contribution in [0.5, 0.6) is 5.75 Å². The highest BCUT2D eigenvalue weighted by molar-refractivity contribution is 7.62. The molecule has 0 spiro atoms. The monoisotopic (exact) mass is 284 g/mol. The molecule has 10 heteroatoms. The number of benzene rings is 1. The number of ether oxygens (including phenoxy) is 1. The van der Waals surface area contributed by atoms with Crippen molar-refractivity contribution in [1.82, 2.24) is 0 Å². The van der Waals surface area contributed by atoms with E-state index in [1.165, 1.54) is 24.3 Å². The first-order valence-electron chi connectivity index (χ1n) is 4.12. The van der Waals surface area contributed by atoms with Gasteiger partial charge < -0.3 is 10.5 Å². The van der Waals surface area contributed by atoms with E-state index in [4.69, 9.17) is 0 Å². The van der Waals surface area contributed by atoms with Crippen LogP contribution < -0.4 is 10.5 Å². The minimum absolute atomic E-state index is 0.194. The molecule has 6 nitrogen and oxygen atoms in total. The van der Waals surface area contributed by atoms with Gasteiger partial charge in [0.15, 0.2) is 0 Å². The largest absolute Gasteiger partial charge is 0.573 e. The summed E-state index contributed by atoms with van der Waals surface area (Å²) in [6.45, 7) is 0. The van der Waals surface area contributed by atoms with Crippen molar-refractivity contribution in [2.24, 2.45) is 10.1 Å². The van der Waals surface area contributed by atoms with Crippen molar-refractivity contribution in [1.29, 1.82) is 0 Å². The molecular weight excluding hydrogens is 277 g/mol. The molecule has 0 saturated heterocycles. The molecule has 2 amide bonds.